The van der Waals surface area contributed by atoms with Crippen molar-refractivity contribution >= 4 is 50.9 Å². The molecule has 0 aliphatic carbocycles. The summed E-state index contributed by atoms with van der Waals surface area (Å²) < 4.78 is 20.0. The summed E-state index contributed by atoms with van der Waals surface area (Å²) in [7, 11) is 6.88. The monoisotopic (exact) mass is 916 g/mol. The average Bonchev–Trinajstić information content (AvgIpc) is 3.59. The molecule has 15 nitrogen and oxygen atoms in total. The van der Waals surface area contributed by atoms with Gasteiger partial charge in [0.15, 0.2) is 0 Å². The van der Waals surface area contributed by atoms with E-state index < -0.39 is 52.6 Å². The van der Waals surface area contributed by atoms with E-state index in [1.54, 1.807) is 13.3 Å². The van der Waals surface area contributed by atoms with Crippen molar-refractivity contribution in [2.45, 2.75) is 103 Å². The lowest BCUT2D eigenvalue weighted by Gasteiger charge is -2.42. The summed E-state index contributed by atoms with van der Waals surface area (Å²) in [6.07, 6.45) is 2.94. The number of hydrazine groups is 1. The molecular formula is C50H62N7O8Si. The molecule has 2 saturated heterocycles. The first-order chi connectivity index (χ1) is 31.4. The Morgan fingerprint density at radius 2 is 1.83 bits per heavy atom. The summed E-state index contributed by atoms with van der Waals surface area (Å²) >= 11 is 0. The van der Waals surface area contributed by atoms with E-state index in [2.05, 4.69) is 77.2 Å². The molecule has 2 aromatic heterocycles. The molecule has 2 N–H and O–H groups in total. The molecule has 349 valence electrons. The highest BCUT2D eigenvalue weighted by molar-refractivity contribution is 6.27. The van der Waals surface area contributed by atoms with Crippen molar-refractivity contribution in [3.05, 3.63) is 90.3 Å². The zero-order valence-corrected chi connectivity index (χ0v) is 40.3. The average molecular weight is 917 g/mol. The number of fused-ring (bicyclic) bond motifs is 6. The van der Waals surface area contributed by atoms with E-state index in [0.717, 1.165) is 50.1 Å². The fraction of sp³-hybridized carbons (Fsp3) is 0.480. The van der Waals surface area contributed by atoms with Crippen LogP contribution in [0.2, 0.25) is 0 Å². The summed E-state index contributed by atoms with van der Waals surface area (Å²) in [4.78, 5) is 76.3. The van der Waals surface area contributed by atoms with Crippen molar-refractivity contribution in [2.75, 3.05) is 40.4 Å². The first-order valence-corrected chi connectivity index (χ1v) is 23.3. The van der Waals surface area contributed by atoms with Gasteiger partial charge in [0, 0.05) is 61.7 Å². The number of hydrogen-bond donors (Lipinski definition) is 2. The minimum Gasteiger partial charge on any atom is -0.464 e. The van der Waals surface area contributed by atoms with Gasteiger partial charge < -0.3 is 29.0 Å². The van der Waals surface area contributed by atoms with Gasteiger partial charge in [-0.25, -0.2) is 10.2 Å². The van der Waals surface area contributed by atoms with Gasteiger partial charge >= 0.3 is 12.1 Å². The molecule has 6 bridgehead atoms. The van der Waals surface area contributed by atoms with Crippen molar-refractivity contribution in [3.8, 4) is 22.4 Å². The van der Waals surface area contributed by atoms with Crippen LogP contribution in [0.1, 0.15) is 77.3 Å². The Hall–Kier alpha value is -5.84. The standard InChI is InChI=1S/C50H62N7O8Si/c1-10-41(58)55-27-35(28-55)65-48(62)54(8)43(30(3)4)45(59)52-39-24-32-15-12-16-33(23-32)34-18-19-40-37(25-34)38(44(56(40)11-2)36-17-13-21-51-42(36)31(5)63-9)26-49(6,7)29-64-47(61)50(66)20-14-22-57(53-50)46(39)60/h10,12-13,15-19,21,23,25,30-31,35,39,43,53H,1,11,14,20,22,24,26-29H2,2-9H3,(H,52,59)/t31-,39-,43-,50-/m0/s1. The molecule has 4 aromatic rings. The molecule has 0 spiro atoms. The Labute approximate surface area is 390 Å². The molecule has 66 heavy (non-hydrogen) atoms. The Bertz CT molecular complexity index is 2520. The second-order valence-electron chi connectivity index (χ2n) is 18.9. The number of methoxy groups -OCH3 is 1. The molecule has 3 aliphatic rings. The maximum Gasteiger partial charge on any atom is 0.410 e. The number of aromatic nitrogens is 2. The second kappa shape index (κ2) is 19.6. The van der Waals surface area contributed by atoms with Crippen molar-refractivity contribution in [1.82, 2.24) is 35.1 Å². The quantitative estimate of drug-likeness (QED) is 0.114. The molecule has 16 heteroatoms. The lowest BCUT2D eigenvalue weighted by molar-refractivity contribution is -0.158. The van der Waals surface area contributed by atoms with Crippen LogP contribution >= 0.6 is 0 Å². The van der Waals surface area contributed by atoms with E-state index in [-0.39, 0.29) is 50.6 Å². The number of cyclic esters (lactones) is 1. The predicted octanol–water partition coefficient (Wildman–Crippen LogP) is 5.73. The smallest absolute Gasteiger partial charge is 0.410 e. The number of amides is 4. The van der Waals surface area contributed by atoms with Crippen LogP contribution in [0.25, 0.3) is 33.3 Å². The van der Waals surface area contributed by atoms with Gasteiger partial charge in [0.25, 0.3) is 5.91 Å². The SMILES string of the molecule is C=CC(=O)N1CC(OC(=O)N(C)[C@H](C(=O)N[C@H]2Cc3cccc(c3)-c3ccc4c(c3)c(c(-c3cccnc3[C@H](C)OC)n4CC)CC(C)(C)COC(=O)[C@@]3([Si])CCCN(N3)C2=O)C(C)C)C1. The Morgan fingerprint density at radius 1 is 1.09 bits per heavy atom. The van der Waals surface area contributed by atoms with E-state index >= 15 is 0 Å². The summed E-state index contributed by atoms with van der Waals surface area (Å²) in [5.74, 6) is -2.21. The number of pyridine rings is 1. The van der Waals surface area contributed by atoms with Gasteiger partial charge in [-0.05, 0) is 91.6 Å². The number of carbonyl (C=O) groups excluding carboxylic acids is 5. The fourth-order valence-electron chi connectivity index (χ4n) is 9.39. The van der Waals surface area contributed by atoms with Crippen LogP contribution < -0.4 is 10.7 Å². The second-order valence-corrected chi connectivity index (χ2v) is 19.7. The molecular weight excluding hydrogens is 855 g/mol. The highest BCUT2D eigenvalue weighted by Gasteiger charge is 2.44. The number of esters is 1. The zero-order valence-electron chi connectivity index (χ0n) is 39.3. The zero-order chi connectivity index (χ0) is 47.7. The minimum absolute atomic E-state index is 0.0826. The third-order valence-electron chi connectivity index (χ3n) is 13.0. The molecule has 5 heterocycles. The van der Waals surface area contributed by atoms with Crippen LogP contribution in [0.15, 0.2) is 73.4 Å². The maximum atomic E-state index is 14.8. The molecule has 0 saturated carbocycles. The summed E-state index contributed by atoms with van der Waals surface area (Å²) in [5, 5.41) is 4.00. The first-order valence-electron chi connectivity index (χ1n) is 22.8. The molecule has 7 rings (SSSR count). The largest absolute Gasteiger partial charge is 0.464 e. The Morgan fingerprint density at radius 3 is 2.53 bits per heavy atom. The molecule has 4 atom stereocenters. The summed E-state index contributed by atoms with van der Waals surface area (Å²) in [5.41, 5.74) is 10.2. The fourth-order valence-corrected chi connectivity index (χ4v) is 9.77. The highest BCUT2D eigenvalue weighted by Crippen LogP contribution is 2.42. The van der Waals surface area contributed by atoms with E-state index in [4.69, 9.17) is 19.2 Å². The molecule has 3 radical (unpaired) electrons. The number of nitrogens with one attached hydrogen (secondary N) is 2. The first kappa shape index (κ1) is 48.1. The van der Waals surface area contributed by atoms with E-state index in [0.29, 0.717) is 25.8 Å². The number of rotatable bonds is 10. The van der Waals surface area contributed by atoms with E-state index in [1.807, 2.05) is 51.1 Å². The number of nitrogens with zero attached hydrogens (tertiary/aromatic N) is 5. The summed E-state index contributed by atoms with van der Waals surface area (Å²) in [6.45, 7) is 16.9. The number of likely N-dealkylation sites (tertiary alicyclic amines) is 1. The predicted molar refractivity (Wildman–Crippen MR) is 252 cm³/mol. The van der Waals surface area contributed by atoms with Crippen molar-refractivity contribution in [3.63, 3.8) is 0 Å². The van der Waals surface area contributed by atoms with Gasteiger partial charge in [0.1, 0.15) is 23.3 Å². The van der Waals surface area contributed by atoms with Crippen molar-refractivity contribution in [2.24, 2.45) is 11.3 Å². The molecule has 2 fully saturated rings. The Balaban J connectivity index is 1.28. The normalized spacial score (nSPS) is 21.0. The maximum absolute atomic E-state index is 14.8. The number of carbonyl (C=O) groups is 5. The van der Waals surface area contributed by atoms with Gasteiger partial charge in [-0.15, -0.1) is 0 Å². The lowest BCUT2D eigenvalue weighted by Crippen LogP contribution is -2.67. The molecule has 2 aromatic carbocycles. The number of aryl methyl sites for hydroxylation is 1. The number of benzene rings is 2. The van der Waals surface area contributed by atoms with Gasteiger partial charge in [-0.1, -0.05) is 64.6 Å². The minimum atomic E-state index is -1.43. The van der Waals surface area contributed by atoms with Crippen LogP contribution in [0.5, 0.6) is 0 Å². The molecule has 3 aliphatic heterocycles. The topological polar surface area (TPSA) is 165 Å². The molecule has 4 amide bonds. The summed E-state index contributed by atoms with van der Waals surface area (Å²) in [6, 6.07) is 16.3. The molecule has 0 unspecified atom stereocenters. The number of hydrogen-bond acceptors (Lipinski definition) is 10. The van der Waals surface area contributed by atoms with Gasteiger partial charge in [0.05, 0.1) is 47.4 Å². The Kier molecular flexibility index (Phi) is 14.3. The lowest BCUT2D eigenvalue weighted by atomic mass is 9.84. The van der Waals surface area contributed by atoms with E-state index in [9.17, 15) is 24.0 Å². The van der Waals surface area contributed by atoms with E-state index in [1.165, 1.54) is 27.9 Å². The number of ether oxygens (including phenoxy) is 3. The van der Waals surface area contributed by atoms with Gasteiger partial charge in [-0.3, -0.25) is 34.1 Å². The van der Waals surface area contributed by atoms with Gasteiger partial charge in [0.2, 0.25) is 11.8 Å². The van der Waals surface area contributed by atoms with Crippen LogP contribution in [-0.2, 0) is 52.8 Å². The van der Waals surface area contributed by atoms with Crippen LogP contribution in [0.4, 0.5) is 4.79 Å². The van der Waals surface area contributed by atoms with Crippen molar-refractivity contribution in [1.29, 1.82) is 0 Å². The van der Waals surface area contributed by atoms with Crippen LogP contribution in [0, 0.1) is 11.3 Å². The highest BCUT2D eigenvalue weighted by atomic mass is 28.1. The van der Waals surface area contributed by atoms with Crippen LogP contribution in [-0.4, -0.2) is 128 Å². The van der Waals surface area contributed by atoms with Crippen molar-refractivity contribution < 1.29 is 38.2 Å². The van der Waals surface area contributed by atoms with Gasteiger partial charge in [-0.2, -0.15) is 0 Å². The van der Waals surface area contributed by atoms with Crippen LogP contribution in [0.3, 0.4) is 0 Å². The third kappa shape index (κ3) is 9.81. The third-order valence-corrected chi connectivity index (χ3v) is 13.5. The number of likely N-dealkylation sites (N-methyl/N-ethyl adjacent to an activating group) is 1.